The summed E-state index contributed by atoms with van der Waals surface area (Å²) in [5.41, 5.74) is 1.07. The lowest BCUT2D eigenvalue weighted by molar-refractivity contribution is -0.119. The SMILES string of the molecule is CC(C(=O)Nc1ccc2c(c1)NC(=O)CO2)n1c(-c2cccs2)n[nH]c1=S. The molecule has 1 aliphatic rings. The van der Waals surface area contributed by atoms with Crippen LogP contribution in [0.2, 0.25) is 0 Å². The first-order valence-corrected chi connectivity index (χ1v) is 9.40. The van der Waals surface area contributed by atoms with Crippen molar-refractivity contribution in [3.63, 3.8) is 0 Å². The standard InChI is InChI=1S/C17H15N5O3S2/c1-9(22-15(20-21-17(22)26)13-3-2-6-27-13)16(24)18-10-4-5-12-11(7-10)19-14(23)8-25-12/h2-7,9H,8H2,1H3,(H,18,24)(H,19,23)(H,21,26). The molecule has 2 amide bonds. The monoisotopic (exact) mass is 401 g/mol. The van der Waals surface area contributed by atoms with Crippen molar-refractivity contribution in [3.8, 4) is 16.5 Å². The topological polar surface area (TPSA) is 101 Å². The van der Waals surface area contributed by atoms with Crippen LogP contribution in [-0.2, 0) is 9.59 Å². The average Bonchev–Trinajstić information content (AvgIpc) is 3.30. The number of ether oxygens (including phenoxy) is 1. The molecule has 1 aliphatic heterocycles. The zero-order valence-electron chi connectivity index (χ0n) is 14.2. The molecule has 3 N–H and O–H groups in total. The van der Waals surface area contributed by atoms with Gasteiger partial charge < -0.3 is 15.4 Å². The minimum atomic E-state index is -0.588. The maximum Gasteiger partial charge on any atom is 0.262 e. The lowest BCUT2D eigenvalue weighted by atomic mass is 10.2. The van der Waals surface area contributed by atoms with E-state index in [0.717, 1.165) is 4.88 Å². The van der Waals surface area contributed by atoms with Gasteiger partial charge in [0.1, 0.15) is 11.8 Å². The number of nitrogens with one attached hydrogen (secondary N) is 3. The summed E-state index contributed by atoms with van der Waals surface area (Å²) in [4.78, 5) is 25.2. The van der Waals surface area contributed by atoms with Crippen LogP contribution >= 0.6 is 23.6 Å². The van der Waals surface area contributed by atoms with E-state index in [2.05, 4.69) is 20.8 Å². The number of hydrogen-bond donors (Lipinski definition) is 3. The Kier molecular flexibility index (Phi) is 4.50. The smallest absolute Gasteiger partial charge is 0.262 e. The fraction of sp³-hybridized carbons (Fsp3) is 0.176. The number of fused-ring (bicyclic) bond motifs is 1. The van der Waals surface area contributed by atoms with Crippen LogP contribution in [-0.4, -0.2) is 33.2 Å². The molecule has 0 saturated carbocycles. The third kappa shape index (κ3) is 3.36. The second-order valence-corrected chi connectivity index (χ2v) is 7.25. The quantitative estimate of drug-likeness (QED) is 0.583. The zero-order valence-corrected chi connectivity index (χ0v) is 15.8. The number of carbonyl (C=O) groups excluding carboxylic acids is 2. The second-order valence-electron chi connectivity index (χ2n) is 5.91. The molecule has 8 nitrogen and oxygen atoms in total. The van der Waals surface area contributed by atoms with Gasteiger partial charge in [-0.1, -0.05) is 6.07 Å². The van der Waals surface area contributed by atoms with E-state index in [9.17, 15) is 9.59 Å². The van der Waals surface area contributed by atoms with E-state index in [0.29, 0.717) is 27.7 Å². The number of carbonyl (C=O) groups is 2. The summed E-state index contributed by atoms with van der Waals surface area (Å²) in [5.74, 6) is 0.694. The van der Waals surface area contributed by atoms with Crippen LogP contribution in [0.15, 0.2) is 35.7 Å². The molecule has 0 saturated heterocycles. The van der Waals surface area contributed by atoms with Gasteiger partial charge in [0.25, 0.3) is 5.91 Å². The van der Waals surface area contributed by atoms with Crippen LogP contribution in [0.3, 0.4) is 0 Å². The highest BCUT2D eigenvalue weighted by Crippen LogP contribution is 2.31. The summed E-state index contributed by atoms with van der Waals surface area (Å²) in [6.07, 6.45) is 0. The van der Waals surface area contributed by atoms with Crippen molar-refractivity contribution in [2.45, 2.75) is 13.0 Å². The van der Waals surface area contributed by atoms with Gasteiger partial charge in [-0.05, 0) is 48.8 Å². The third-order valence-corrected chi connectivity index (χ3v) is 5.25. The minimum absolute atomic E-state index is 0.0139. The molecule has 1 unspecified atom stereocenters. The van der Waals surface area contributed by atoms with E-state index >= 15 is 0 Å². The van der Waals surface area contributed by atoms with Crippen molar-refractivity contribution in [1.82, 2.24) is 14.8 Å². The average molecular weight is 401 g/mol. The Hall–Kier alpha value is -2.98. The molecule has 0 fully saturated rings. The van der Waals surface area contributed by atoms with Crippen molar-refractivity contribution in [3.05, 3.63) is 40.5 Å². The summed E-state index contributed by atoms with van der Waals surface area (Å²) >= 11 is 6.82. The van der Waals surface area contributed by atoms with Gasteiger partial charge in [-0.15, -0.1) is 11.3 Å². The Morgan fingerprint density at radius 1 is 1.44 bits per heavy atom. The normalized spacial score (nSPS) is 14.0. The molecule has 0 spiro atoms. The van der Waals surface area contributed by atoms with E-state index < -0.39 is 6.04 Å². The number of hydrogen-bond acceptors (Lipinski definition) is 6. The molecule has 0 radical (unpaired) electrons. The van der Waals surface area contributed by atoms with Gasteiger partial charge in [0, 0.05) is 5.69 Å². The van der Waals surface area contributed by atoms with Crippen LogP contribution in [0.5, 0.6) is 5.75 Å². The molecule has 4 rings (SSSR count). The number of nitrogens with zero attached hydrogens (tertiary/aromatic N) is 2. The molecule has 2 aromatic heterocycles. The van der Waals surface area contributed by atoms with Gasteiger partial charge in [-0.3, -0.25) is 19.3 Å². The molecular formula is C17H15N5O3S2. The molecule has 10 heteroatoms. The third-order valence-electron chi connectivity index (χ3n) is 4.09. The molecule has 1 atom stereocenters. The first-order chi connectivity index (χ1) is 13.0. The van der Waals surface area contributed by atoms with E-state index in [4.69, 9.17) is 17.0 Å². The number of rotatable bonds is 4. The van der Waals surface area contributed by atoms with Crippen molar-refractivity contribution in [2.75, 3.05) is 17.2 Å². The number of amides is 2. The highest BCUT2D eigenvalue weighted by molar-refractivity contribution is 7.71. The van der Waals surface area contributed by atoms with Gasteiger partial charge >= 0.3 is 0 Å². The molecule has 1 aromatic carbocycles. The number of benzene rings is 1. The zero-order chi connectivity index (χ0) is 19.0. The number of thiophene rings is 1. The lowest BCUT2D eigenvalue weighted by Gasteiger charge is -2.19. The minimum Gasteiger partial charge on any atom is -0.482 e. The molecule has 0 bridgehead atoms. The Balaban J connectivity index is 1.58. The number of aromatic amines is 1. The van der Waals surface area contributed by atoms with Crippen LogP contribution in [0, 0.1) is 4.77 Å². The second kappa shape index (κ2) is 6.97. The fourth-order valence-corrected chi connectivity index (χ4v) is 3.77. The maximum absolute atomic E-state index is 12.8. The van der Waals surface area contributed by atoms with E-state index in [1.165, 1.54) is 11.3 Å². The summed E-state index contributed by atoms with van der Waals surface area (Å²) < 4.78 is 7.37. The molecule has 138 valence electrons. The Morgan fingerprint density at radius 3 is 3.07 bits per heavy atom. The van der Waals surface area contributed by atoms with Crippen LogP contribution in [0.4, 0.5) is 11.4 Å². The van der Waals surface area contributed by atoms with Crippen LogP contribution in [0.1, 0.15) is 13.0 Å². The highest BCUT2D eigenvalue weighted by Gasteiger charge is 2.22. The predicted molar refractivity (Wildman–Crippen MR) is 105 cm³/mol. The molecule has 3 aromatic rings. The summed E-state index contributed by atoms with van der Waals surface area (Å²) in [7, 11) is 0. The summed E-state index contributed by atoms with van der Waals surface area (Å²) in [5, 5.41) is 14.5. The Labute approximate surface area is 163 Å². The first kappa shape index (κ1) is 17.4. The lowest BCUT2D eigenvalue weighted by Crippen LogP contribution is -2.26. The van der Waals surface area contributed by atoms with Gasteiger partial charge in [-0.2, -0.15) is 5.10 Å². The molecule has 3 heterocycles. The van der Waals surface area contributed by atoms with Crippen molar-refractivity contribution >= 4 is 46.7 Å². The summed E-state index contributed by atoms with van der Waals surface area (Å²) in [6, 6.07) is 8.33. The molecule has 27 heavy (non-hydrogen) atoms. The van der Waals surface area contributed by atoms with Gasteiger partial charge in [-0.25, -0.2) is 0 Å². The van der Waals surface area contributed by atoms with E-state index in [1.807, 2.05) is 17.5 Å². The Morgan fingerprint density at radius 2 is 2.30 bits per heavy atom. The van der Waals surface area contributed by atoms with Crippen molar-refractivity contribution in [1.29, 1.82) is 0 Å². The van der Waals surface area contributed by atoms with E-state index in [1.54, 1.807) is 29.7 Å². The van der Waals surface area contributed by atoms with Crippen LogP contribution < -0.4 is 15.4 Å². The van der Waals surface area contributed by atoms with Gasteiger partial charge in [0.2, 0.25) is 5.91 Å². The predicted octanol–water partition coefficient (Wildman–Crippen LogP) is 3.20. The van der Waals surface area contributed by atoms with Crippen molar-refractivity contribution < 1.29 is 14.3 Å². The Bertz CT molecular complexity index is 1070. The van der Waals surface area contributed by atoms with Gasteiger partial charge in [0.05, 0.1) is 10.6 Å². The van der Waals surface area contributed by atoms with Crippen molar-refractivity contribution in [2.24, 2.45) is 0 Å². The van der Waals surface area contributed by atoms with E-state index in [-0.39, 0.29) is 18.4 Å². The maximum atomic E-state index is 12.8. The number of anilines is 2. The molecular weight excluding hydrogens is 386 g/mol. The highest BCUT2D eigenvalue weighted by atomic mass is 32.1. The number of H-pyrrole nitrogens is 1. The van der Waals surface area contributed by atoms with Crippen LogP contribution in [0.25, 0.3) is 10.7 Å². The largest absolute Gasteiger partial charge is 0.482 e. The van der Waals surface area contributed by atoms with Gasteiger partial charge in [0.15, 0.2) is 17.2 Å². The first-order valence-electron chi connectivity index (χ1n) is 8.11. The molecule has 0 aliphatic carbocycles. The fourth-order valence-electron chi connectivity index (χ4n) is 2.77. The number of aromatic nitrogens is 3. The summed E-state index contributed by atoms with van der Waals surface area (Å²) in [6.45, 7) is 1.74.